The van der Waals surface area contributed by atoms with E-state index in [1.807, 2.05) is 36.4 Å². The fourth-order valence-corrected chi connectivity index (χ4v) is 5.04. The van der Waals surface area contributed by atoms with Gasteiger partial charge in [-0.3, -0.25) is 14.4 Å². The molecule has 4 rings (SSSR count). The van der Waals surface area contributed by atoms with Crippen molar-refractivity contribution in [3.05, 3.63) is 89.3 Å². The molecule has 0 spiro atoms. The summed E-state index contributed by atoms with van der Waals surface area (Å²) in [5, 5.41) is 3.52. The van der Waals surface area contributed by atoms with E-state index in [9.17, 15) is 22.8 Å². The van der Waals surface area contributed by atoms with Gasteiger partial charge in [0.2, 0.25) is 16.3 Å². The highest BCUT2D eigenvalue weighted by Gasteiger charge is 2.54. The highest BCUT2D eigenvalue weighted by atomic mass is 32.2. The Hall–Kier alpha value is -3.86. The summed E-state index contributed by atoms with van der Waals surface area (Å²) < 4.78 is 33.2. The van der Waals surface area contributed by atoms with Gasteiger partial charge in [0.25, 0.3) is 5.91 Å². The zero-order chi connectivity index (χ0) is 25.9. The van der Waals surface area contributed by atoms with Crippen molar-refractivity contribution in [2.75, 3.05) is 0 Å². The van der Waals surface area contributed by atoms with Gasteiger partial charge in [-0.2, -0.15) is 0 Å². The molecule has 0 saturated carbocycles. The maximum Gasteiger partial charge on any atom is 0.304 e. The summed E-state index contributed by atoms with van der Waals surface area (Å²) in [6.45, 7) is 1.13. The Kier molecular flexibility index (Phi) is 7.30. The molecule has 9 nitrogen and oxygen atoms in total. The maximum atomic E-state index is 13.4. The van der Waals surface area contributed by atoms with Gasteiger partial charge in [0.15, 0.2) is 11.7 Å². The minimum atomic E-state index is -4.09. The first-order valence-corrected chi connectivity index (χ1v) is 12.7. The number of carbonyl (C=O) groups is 3. The molecule has 186 valence electrons. The van der Waals surface area contributed by atoms with Gasteiger partial charge >= 0.3 is 5.97 Å². The highest BCUT2D eigenvalue weighted by Crippen LogP contribution is 2.28. The van der Waals surface area contributed by atoms with Gasteiger partial charge in [-0.15, -0.1) is 0 Å². The second-order valence-corrected chi connectivity index (χ2v) is 10.0. The number of ether oxygens (including phenoxy) is 1. The number of hydrazine groups is 1. The molecule has 10 heteroatoms. The van der Waals surface area contributed by atoms with E-state index >= 15 is 0 Å². The molecule has 0 aliphatic carbocycles. The first-order valence-electron chi connectivity index (χ1n) is 11.2. The molecule has 1 amide bonds. The molecule has 0 aromatic heterocycles. The Balaban J connectivity index is 1.63. The van der Waals surface area contributed by atoms with Crippen LogP contribution in [0.25, 0.3) is 16.8 Å². The third-order valence-electron chi connectivity index (χ3n) is 5.82. The fraction of sp³-hybridized carbons (Fsp3) is 0.192. The SMILES string of the molecule is CC(=O)O[C@H]1[C@@H](C(=O)[C@H](Cc2ccc3ccccc3c2)NS(=O)(=O)/C=C/c2ccccc2)C(=O)N1N. The molecule has 1 saturated heterocycles. The smallest absolute Gasteiger partial charge is 0.304 e. The number of sulfonamides is 1. The zero-order valence-electron chi connectivity index (χ0n) is 19.4. The van der Waals surface area contributed by atoms with Crippen molar-refractivity contribution < 1.29 is 27.5 Å². The van der Waals surface area contributed by atoms with Crippen molar-refractivity contribution in [2.24, 2.45) is 11.8 Å². The third-order valence-corrected chi connectivity index (χ3v) is 6.92. The summed E-state index contributed by atoms with van der Waals surface area (Å²) in [5.74, 6) is 1.97. The van der Waals surface area contributed by atoms with Crippen molar-refractivity contribution in [1.82, 2.24) is 9.73 Å². The normalized spacial score (nSPS) is 18.7. The molecule has 3 atom stereocenters. The molecule has 1 heterocycles. The van der Waals surface area contributed by atoms with Crippen molar-refractivity contribution >= 4 is 44.5 Å². The monoisotopic (exact) mass is 507 g/mol. The summed E-state index contributed by atoms with van der Waals surface area (Å²) in [5.41, 5.74) is 1.34. The number of ketones is 1. The molecular formula is C26H25N3O6S. The number of nitrogens with one attached hydrogen (secondary N) is 1. The van der Waals surface area contributed by atoms with E-state index in [0.717, 1.165) is 23.1 Å². The Labute approximate surface area is 208 Å². The van der Waals surface area contributed by atoms with Crippen LogP contribution in [0.1, 0.15) is 18.1 Å². The Morgan fingerprint density at radius 1 is 1.06 bits per heavy atom. The molecule has 0 unspecified atom stereocenters. The van der Waals surface area contributed by atoms with Crippen LogP contribution in [-0.4, -0.2) is 43.4 Å². The minimum absolute atomic E-state index is 0.0246. The van der Waals surface area contributed by atoms with Gasteiger partial charge in [0.05, 0.1) is 6.04 Å². The number of fused-ring (bicyclic) bond motifs is 1. The van der Waals surface area contributed by atoms with E-state index in [0.29, 0.717) is 16.1 Å². The number of carbonyl (C=O) groups excluding carboxylic acids is 3. The molecule has 1 aliphatic heterocycles. The lowest BCUT2D eigenvalue weighted by Gasteiger charge is -2.42. The summed E-state index contributed by atoms with van der Waals surface area (Å²) in [4.78, 5) is 37.3. The van der Waals surface area contributed by atoms with E-state index in [2.05, 4.69) is 4.72 Å². The van der Waals surface area contributed by atoms with Crippen LogP contribution in [0.3, 0.4) is 0 Å². The lowest BCUT2D eigenvalue weighted by atomic mass is 9.86. The largest absolute Gasteiger partial charge is 0.439 e. The topological polar surface area (TPSA) is 136 Å². The van der Waals surface area contributed by atoms with Gasteiger partial charge in [0.1, 0.15) is 0 Å². The van der Waals surface area contributed by atoms with Gasteiger partial charge in [-0.25, -0.2) is 24.0 Å². The third kappa shape index (κ3) is 5.68. The second-order valence-electron chi connectivity index (χ2n) is 8.44. The number of nitrogens with two attached hydrogens (primary N) is 1. The van der Waals surface area contributed by atoms with Crippen molar-refractivity contribution in [2.45, 2.75) is 25.6 Å². The number of rotatable bonds is 9. The standard InChI is InChI=1S/C26H25N3O6S/c1-17(30)35-26-23(25(32)29(26)27)24(31)22(16-19-11-12-20-9-5-6-10-21(20)15-19)28-36(33,34)14-13-18-7-3-2-4-8-18/h2-15,22-23,26,28H,16,27H2,1H3/b14-13+/t22-,23-,26-/m0/s1. The number of esters is 1. The lowest BCUT2D eigenvalue weighted by molar-refractivity contribution is -0.198. The van der Waals surface area contributed by atoms with Crippen LogP contribution < -0.4 is 10.6 Å². The first-order chi connectivity index (χ1) is 17.1. The van der Waals surface area contributed by atoms with Crippen LogP contribution in [0.15, 0.2) is 78.2 Å². The van der Waals surface area contributed by atoms with E-state index in [1.54, 1.807) is 36.4 Å². The Morgan fingerprint density at radius 2 is 1.72 bits per heavy atom. The average Bonchev–Trinajstić information content (AvgIpc) is 2.86. The summed E-state index contributed by atoms with van der Waals surface area (Å²) >= 11 is 0. The summed E-state index contributed by atoms with van der Waals surface area (Å²) in [6, 6.07) is 20.6. The highest BCUT2D eigenvalue weighted by molar-refractivity contribution is 7.92. The van der Waals surface area contributed by atoms with Gasteiger partial charge in [-0.1, -0.05) is 72.8 Å². The number of nitrogens with zero attached hydrogens (tertiary/aromatic N) is 1. The second kappa shape index (κ2) is 10.4. The fourth-order valence-electron chi connectivity index (χ4n) is 4.03. The van der Waals surface area contributed by atoms with E-state index in [4.69, 9.17) is 10.6 Å². The molecular weight excluding hydrogens is 482 g/mol. The first kappa shape index (κ1) is 25.2. The molecule has 3 N–H and O–H groups in total. The van der Waals surface area contributed by atoms with E-state index in [1.165, 1.54) is 6.08 Å². The Bertz CT molecular complexity index is 1440. The Morgan fingerprint density at radius 3 is 2.42 bits per heavy atom. The summed E-state index contributed by atoms with van der Waals surface area (Å²) in [7, 11) is -4.09. The molecule has 0 bridgehead atoms. The molecule has 1 fully saturated rings. The van der Waals surface area contributed by atoms with Crippen molar-refractivity contribution in [1.29, 1.82) is 0 Å². The van der Waals surface area contributed by atoms with Gasteiger partial charge < -0.3 is 4.74 Å². The van der Waals surface area contributed by atoms with Gasteiger partial charge in [-0.05, 0) is 34.4 Å². The number of benzene rings is 3. The van der Waals surface area contributed by atoms with Crippen LogP contribution in [-0.2, 0) is 35.6 Å². The van der Waals surface area contributed by atoms with Crippen LogP contribution in [0, 0.1) is 5.92 Å². The number of β-lactam (4-membered cyclic amide) rings is 1. The molecule has 36 heavy (non-hydrogen) atoms. The van der Waals surface area contributed by atoms with Crippen LogP contribution in [0.5, 0.6) is 0 Å². The van der Waals surface area contributed by atoms with E-state index in [-0.39, 0.29) is 6.42 Å². The van der Waals surface area contributed by atoms with Crippen LogP contribution in [0.2, 0.25) is 0 Å². The van der Waals surface area contributed by atoms with Crippen LogP contribution in [0.4, 0.5) is 0 Å². The lowest BCUT2D eigenvalue weighted by Crippen LogP contribution is -2.69. The number of Topliss-reactive ketones (excluding diaryl/α,β-unsaturated/α-hetero) is 1. The van der Waals surface area contributed by atoms with E-state index < -0.39 is 45.9 Å². The zero-order valence-corrected chi connectivity index (χ0v) is 20.2. The molecule has 3 aromatic rings. The van der Waals surface area contributed by atoms with Crippen molar-refractivity contribution in [3.63, 3.8) is 0 Å². The predicted octanol–water partition coefficient (Wildman–Crippen LogP) is 2.13. The van der Waals surface area contributed by atoms with Crippen molar-refractivity contribution in [3.8, 4) is 0 Å². The molecule has 3 aromatic carbocycles. The summed E-state index contributed by atoms with van der Waals surface area (Å²) in [6.07, 6.45) is 0.0759. The average molecular weight is 508 g/mol. The number of hydrogen-bond acceptors (Lipinski definition) is 7. The minimum Gasteiger partial charge on any atom is -0.439 e. The molecule has 0 radical (unpaired) electrons. The molecule has 1 aliphatic rings. The number of hydrogen-bond donors (Lipinski definition) is 2. The predicted molar refractivity (Wildman–Crippen MR) is 134 cm³/mol. The number of amides is 1. The van der Waals surface area contributed by atoms with Crippen LogP contribution >= 0.6 is 0 Å². The van der Waals surface area contributed by atoms with Gasteiger partial charge in [0, 0.05) is 12.3 Å². The maximum absolute atomic E-state index is 13.4. The quantitative estimate of drug-likeness (QED) is 0.149.